The molecule has 0 aliphatic heterocycles. The van der Waals surface area contributed by atoms with Crippen LogP contribution in [-0.2, 0) is 0 Å². The van der Waals surface area contributed by atoms with Crippen LogP contribution in [0.4, 0.5) is 0 Å². The maximum absolute atomic E-state index is 4.19. The third-order valence-electron chi connectivity index (χ3n) is 3.05. The summed E-state index contributed by atoms with van der Waals surface area (Å²) in [5, 5.41) is 0. The van der Waals surface area contributed by atoms with E-state index in [1.807, 2.05) is 18.3 Å². The molecule has 88 valence electrons. The monoisotopic (exact) mass is 234 g/mol. The minimum Gasteiger partial charge on any atom is -0.314 e. The third-order valence-corrected chi connectivity index (χ3v) is 3.05. The van der Waals surface area contributed by atoms with Crippen molar-refractivity contribution < 1.29 is 0 Å². The molecule has 2 heterocycles. The molecular weight excluding hydrogens is 220 g/mol. The smallest absolute Gasteiger partial charge is 0.0546 e. The second-order valence-electron chi connectivity index (χ2n) is 4.27. The fourth-order valence-corrected chi connectivity index (χ4v) is 2.20. The molecule has 0 N–H and O–H groups in total. The molecule has 0 bridgehead atoms. The molecule has 0 amide bonds. The van der Waals surface area contributed by atoms with Crippen LogP contribution in [0.5, 0.6) is 0 Å². The highest BCUT2D eigenvalue weighted by atomic mass is 15.0. The van der Waals surface area contributed by atoms with E-state index in [-0.39, 0.29) is 0 Å². The van der Waals surface area contributed by atoms with Crippen LogP contribution >= 0.6 is 0 Å². The Balaban J connectivity index is 2.19. The Morgan fingerprint density at radius 1 is 0.889 bits per heavy atom. The maximum Gasteiger partial charge on any atom is 0.0546 e. The van der Waals surface area contributed by atoms with Crippen LogP contribution in [0.2, 0.25) is 0 Å². The summed E-state index contributed by atoms with van der Waals surface area (Å²) in [6, 6.07) is 18.7. The van der Waals surface area contributed by atoms with Crippen molar-refractivity contribution in [1.29, 1.82) is 0 Å². The molecule has 3 rings (SSSR count). The first-order valence-electron chi connectivity index (χ1n) is 6.00. The number of pyridine rings is 1. The first kappa shape index (κ1) is 10.8. The van der Waals surface area contributed by atoms with Crippen molar-refractivity contribution in [1.82, 2.24) is 9.55 Å². The molecule has 18 heavy (non-hydrogen) atoms. The summed E-state index contributed by atoms with van der Waals surface area (Å²) < 4.78 is 2.25. The van der Waals surface area contributed by atoms with Gasteiger partial charge in [0.2, 0.25) is 0 Å². The summed E-state index contributed by atoms with van der Waals surface area (Å²) in [5.41, 5.74) is 4.71. The number of para-hydroxylation sites is 1. The van der Waals surface area contributed by atoms with Gasteiger partial charge in [0.25, 0.3) is 0 Å². The zero-order valence-corrected chi connectivity index (χ0v) is 10.2. The zero-order chi connectivity index (χ0) is 12.4. The van der Waals surface area contributed by atoms with Crippen LogP contribution in [0, 0.1) is 6.92 Å². The summed E-state index contributed by atoms with van der Waals surface area (Å²) in [7, 11) is 0. The van der Waals surface area contributed by atoms with Gasteiger partial charge in [-0.2, -0.15) is 0 Å². The summed E-state index contributed by atoms with van der Waals surface area (Å²) in [4.78, 5) is 4.19. The highest BCUT2D eigenvalue weighted by molar-refractivity contribution is 5.63. The van der Waals surface area contributed by atoms with E-state index in [1.54, 1.807) is 6.20 Å². The number of hydrogen-bond donors (Lipinski definition) is 0. The molecule has 0 aliphatic rings. The van der Waals surface area contributed by atoms with E-state index >= 15 is 0 Å². The standard InChI is InChI=1S/C16H14N2/c1-13-9-10-16(14-6-5-11-17-12-14)18(13)15-7-3-2-4-8-15/h2-12H,1H3. The minimum atomic E-state index is 1.13. The number of aromatic nitrogens is 2. The van der Waals surface area contributed by atoms with Crippen molar-refractivity contribution >= 4 is 0 Å². The molecule has 1 aromatic carbocycles. The van der Waals surface area contributed by atoms with E-state index in [4.69, 9.17) is 0 Å². The van der Waals surface area contributed by atoms with Gasteiger partial charge in [0.15, 0.2) is 0 Å². The van der Waals surface area contributed by atoms with Crippen molar-refractivity contribution in [2.24, 2.45) is 0 Å². The average molecular weight is 234 g/mol. The van der Waals surface area contributed by atoms with Crippen molar-refractivity contribution in [2.45, 2.75) is 6.92 Å². The Morgan fingerprint density at radius 3 is 2.44 bits per heavy atom. The van der Waals surface area contributed by atoms with Crippen LogP contribution < -0.4 is 0 Å². The Labute approximate surface area is 107 Å². The van der Waals surface area contributed by atoms with Gasteiger partial charge in [-0.3, -0.25) is 4.98 Å². The second-order valence-corrected chi connectivity index (χ2v) is 4.27. The predicted molar refractivity (Wildman–Crippen MR) is 73.7 cm³/mol. The Bertz CT molecular complexity index is 639. The van der Waals surface area contributed by atoms with Gasteiger partial charge >= 0.3 is 0 Å². The normalized spacial score (nSPS) is 10.5. The predicted octanol–water partition coefficient (Wildman–Crippen LogP) is 3.85. The molecule has 0 saturated heterocycles. The lowest BCUT2D eigenvalue weighted by molar-refractivity contribution is 1.02. The van der Waals surface area contributed by atoms with Gasteiger partial charge < -0.3 is 4.57 Å². The molecule has 2 heteroatoms. The summed E-state index contributed by atoms with van der Waals surface area (Å²) in [6.45, 7) is 2.12. The largest absolute Gasteiger partial charge is 0.314 e. The minimum absolute atomic E-state index is 1.13. The fraction of sp³-hybridized carbons (Fsp3) is 0.0625. The van der Waals surface area contributed by atoms with Crippen LogP contribution in [0.3, 0.4) is 0 Å². The summed E-state index contributed by atoms with van der Waals surface area (Å²) >= 11 is 0. The molecule has 0 spiro atoms. The molecule has 2 nitrogen and oxygen atoms in total. The topological polar surface area (TPSA) is 17.8 Å². The van der Waals surface area contributed by atoms with Gasteiger partial charge in [-0.05, 0) is 43.3 Å². The number of rotatable bonds is 2. The molecule has 0 atom stereocenters. The lowest BCUT2D eigenvalue weighted by Crippen LogP contribution is -1.98. The van der Waals surface area contributed by atoms with E-state index in [2.05, 4.69) is 58.9 Å². The molecular formula is C16H14N2. The Kier molecular flexibility index (Phi) is 2.69. The zero-order valence-electron chi connectivity index (χ0n) is 10.2. The van der Waals surface area contributed by atoms with Crippen LogP contribution in [0.1, 0.15) is 5.69 Å². The van der Waals surface area contributed by atoms with Gasteiger partial charge in [0, 0.05) is 29.3 Å². The first-order chi connectivity index (χ1) is 8.86. The molecule has 0 radical (unpaired) electrons. The summed E-state index contributed by atoms with van der Waals surface area (Å²) in [5.74, 6) is 0. The van der Waals surface area contributed by atoms with E-state index < -0.39 is 0 Å². The lowest BCUT2D eigenvalue weighted by atomic mass is 10.2. The van der Waals surface area contributed by atoms with E-state index in [0.29, 0.717) is 0 Å². The number of benzene rings is 1. The van der Waals surface area contributed by atoms with Gasteiger partial charge in [-0.25, -0.2) is 0 Å². The summed E-state index contributed by atoms with van der Waals surface area (Å²) in [6.07, 6.45) is 3.69. The van der Waals surface area contributed by atoms with E-state index in [0.717, 1.165) is 5.56 Å². The van der Waals surface area contributed by atoms with Crippen LogP contribution in [-0.4, -0.2) is 9.55 Å². The van der Waals surface area contributed by atoms with Crippen molar-refractivity contribution in [3.8, 4) is 16.9 Å². The first-order valence-corrected chi connectivity index (χ1v) is 6.00. The van der Waals surface area contributed by atoms with Crippen molar-refractivity contribution in [2.75, 3.05) is 0 Å². The van der Waals surface area contributed by atoms with E-state index in [1.165, 1.54) is 17.1 Å². The fourth-order valence-electron chi connectivity index (χ4n) is 2.20. The number of nitrogens with zero attached hydrogens (tertiary/aromatic N) is 2. The average Bonchev–Trinajstić information content (AvgIpc) is 2.83. The number of hydrogen-bond acceptors (Lipinski definition) is 1. The molecule has 0 unspecified atom stereocenters. The van der Waals surface area contributed by atoms with Crippen molar-refractivity contribution in [3.63, 3.8) is 0 Å². The highest BCUT2D eigenvalue weighted by Crippen LogP contribution is 2.25. The van der Waals surface area contributed by atoms with Gasteiger partial charge in [-0.15, -0.1) is 0 Å². The van der Waals surface area contributed by atoms with Crippen LogP contribution in [0.15, 0.2) is 67.0 Å². The SMILES string of the molecule is Cc1ccc(-c2cccnc2)n1-c1ccccc1. The molecule has 0 saturated carbocycles. The molecule has 3 aromatic rings. The highest BCUT2D eigenvalue weighted by Gasteiger charge is 2.08. The number of aryl methyl sites for hydroxylation is 1. The van der Waals surface area contributed by atoms with E-state index in [9.17, 15) is 0 Å². The van der Waals surface area contributed by atoms with Crippen LogP contribution in [0.25, 0.3) is 16.9 Å². The van der Waals surface area contributed by atoms with Crippen molar-refractivity contribution in [3.05, 3.63) is 72.7 Å². The Morgan fingerprint density at radius 2 is 1.72 bits per heavy atom. The van der Waals surface area contributed by atoms with Gasteiger partial charge in [0.1, 0.15) is 0 Å². The Hall–Kier alpha value is -2.35. The maximum atomic E-state index is 4.19. The quantitative estimate of drug-likeness (QED) is 0.658. The molecule has 2 aromatic heterocycles. The van der Waals surface area contributed by atoms with Gasteiger partial charge in [-0.1, -0.05) is 18.2 Å². The molecule has 0 fully saturated rings. The molecule has 0 aliphatic carbocycles. The van der Waals surface area contributed by atoms with Gasteiger partial charge in [0.05, 0.1) is 5.69 Å². The lowest BCUT2D eigenvalue weighted by Gasteiger charge is -2.11. The third kappa shape index (κ3) is 1.82. The second kappa shape index (κ2) is 4.49.